The maximum atomic E-state index is 11.2. The summed E-state index contributed by atoms with van der Waals surface area (Å²) < 4.78 is 11.5. The van der Waals surface area contributed by atoms with E-state index in [2.05, 4.69) is 49.3 Å². The fourth-order valence-electron chi connectivity index (χ4n) is 6.10. The van der Waals surface area contributed by atoms with E-state index in [1.165, 1.54) is 27.8 Å². The predicted molar refractivity (Wildman–Crippen MR) is 148 cm³/mol. The third kappa shape index (κ3) is 4.49. The average Bonchev–Trinajstić information content (AvgIpc) is 3.57. The first-order valence-electron chi connectivity index (χ1n) is 13.4. The summed E-state index contributed by atoms with van der Waals surface area (Å²) in [4.78, 5) is 15.8. The number of hydrogen-bond acceptors (Lipinski definition) is 6. The smallest absolute Gasteiger partial charge is 0.307 e. The number of nitrogens with two attached hydrogens (primary N) is 1. The van der Waals surface area contributed by atoms with Crippen LogP contribution in [0.5, 0.6) is 5.75 Å². The van der Waals surface area contributed by atoms with Crippen molar-refractivity contribution >= 4 is 17.3 Å². The highest BCUT2D eigenvalue weighted by atomic mass is 16.5. The minimum atomic E-state index is -0.737. The first-order chi connectivity index (χ1) is 18.2. The molecule has 0 bridgehead atoms. The zero-order valence-electron chi connectivity index (χ0n) is 22.2. The van der Waals surface area contributed by atoms with Crippen molar-refractivity contribution in [3.05, 3.63) is 70.5 Å². The lowest BCUT2D eigenvalue weighted by atomic mass is 9.89. The monoisotopic (exact) mass is 513 g/mol. The number of nitrogens with zero attached hydrogens (tertiary/aromatic N) is 1. The van der Waals surface area contributed by atoms with Crippen molar-refractivity contribution in [2.24, 2.45) is 11.3 Å². The number of carboxylic acid groups (broad SMARTS) is 1. The number of carbonyl (C=O) groups is 1. The Labute approximate surface area is 223 Å². The topological polar surface area (TPSA) is 107 Å². The van der Waals surface area contributed by atoms with Crippen LogP contribution >= 0.6 is 0 Å². The van der Waals surface area contributed by atoms with Crippen molar-refractivity contribution in [3.63, 3.8) is 0 Å². The van der Waals surface area contributed by atoms with Gasteiger partial charge in [0, 0.05) is 28.3 Å². The van der Waals surface area contributed by atoms with Crippen LogP contribution in [0.1, 0.15) is 59.7 Å². The van der Waals surface area contributed by atoms with Crippen LogP contribution < -0.4 is 15.8 Å². The summed E-state index contributed by atoms with van der Waals surface area (Å²) in [6, 6.07) is 12.5. The molecule has 2 aliphatic carbocycles. The van der Waals surface area contributed by atoms with Gasteiger partial charge >= 0.3 is 5.97 Å². The number of hydrogen-bond donors (Lipinski definition) is 3. The molecule has 6 rings (SSSR count). The Kier molecular flexibility index (Phi) is 6.06. The van der Waals surface area contributed by atoms with Gasteiger partial charge in [0.25, 0.3) is 0 Å². The molecule has 2 fully saturated rings. The van der Waals surface area contributed by atoms with Crippen LogP contribution in [-0.2, 0) is 16.0 Å². The maximum absolute atomic E-state index is 11.2. The first-order valence-corrected chi connectivity index (χ1v) is 13.4. The van der Waals surface area contributed by atoms with Crippen molar-refractivity contribution in [1.29, 1.82) is 0 Å². The lowest BCUT2D eigenvalue weighted by Gasteiger charge is -2.37. The highest BCUT2D eigenvalue weighted by Crippen LogP contribution is 2.47. The van der Waals surface area contributed by atoms with Gasteiger partial charge in [0.2, 0.25) is 0 Å². The molecule has 38 heavy (non-hydrogen) atoms. The molecule has 1 unspecified atom stereocenters. The van der Waals surface area contributed by atoms with Crippen LogP contribution in [0.25, 0.3) is 11.1 Å². The van der Waals surface area contributed by atoms with E-state index in [0.29, 0.717) is 13.0 Å². The lowest BCUT2D eigenvalue weighted by Crippen LogP contribution is -2.44. The second kappa shape index (κ2) is 9.31. The molecule has 0 spiro atoms. The van der Waals surface area contributed by atoms with Gasteiger partial charge < -0.3 is 25.6 Å². The van der Waals surface area contributed by atoms with Gasteiger partial charge in [0.1, 0.15) is 5.75 Å². The Morgan fingerprint density at radius 3 is 2.58 bits per heavy atom. The summed E-state index contributed by atoms with van der Waals surface area (Å²) >= 11 is 0. The van der Waals surface area contributed by atoms with E-state index < -0.39 is 5.97 Å². The highest BCUT2D eigenvalue weighted by Gasteiger charge is 2.45. The minimum Gasteiger partial charge on any atom is -0.493 e. The van der Waals surface area contributed by atoms with E-state index in [1.54, 1.807) is 0 Å². The quantitative estimate of drug-likeness (QED) is 0.334. The predicted octanol–water partition coefficient (Wildman–Crippen LogP) is 5.65. The normalized spacial score (nSPS) is 22.9. The lowest BCUT2D eigenvalue weighted by molar-refractivity contribution is -0.138. The molecular weight excluding hydrogens is 478 g/mol. The summed E-state index contributed by atoms with van der Waals surface area (Å²) in [5.74, 6) is -0.0983. The third-order valence-electron chi connectivity index (χ3n) is 8.30. The molecule has 3 aliphatic rings. The summed E-state index contributed by atoms with van der Waals surface area (Å²) in [7, 11) is 0. The van der Waals surface area contributed by atoms with E-state index in [1.807, 2.05) is 24.4 Å². The van der Waals surface area contributed by atoms with Gasteiger partial charge in [-0.2, -0.15) is 0 Å². The van der Waals surface area contributed by atoms with Gasteiger partial charge in [-0.25, -0.2) is 0 Å². The first kappa shape index (κ1) is 24.7. The molecule has 1 saturated carbocycles. The second-order valence-corrected chi connectivity index (χ2v) is 11.6. The van der Waals surface area contributed by atoms with Crippen LogP contribution in [0.2, 0.25) is 0 Å². The third-order valence-corrected chi connectivity index (χ3v) is 8.30. The van der Waals surface area contributed by atoms with Crippen LogP contribution in [0.4, 0.5) is 11.4 Å². The van der Waals surface area contributed by atoms with Gasteiger partial charge in [-0.15, -0.1) is 0 Å². The number of nitrogen functional groups attached to an aromatic ring is 1. The van der Waals surface area contributed by atoms with Gasteiger partial charge in [0.05, 0.1) is 43.7 Å². The number of aryl methyl sites for hydroxylation is 2. The summed E-state index contributed by atoms with van der Waals surface area (Å²) in [6.07, 6.45) is 4.37. The number of nitrogens with one attached hydrogen (secondary N) is 1. The van der Waals surface area contributed by atoms with Gasteiger partial charge in [0.15, 0.2) is 0 Å². The number of aromatic nitrogens is 1. The molecule has 0 amide bonds. The average molecular weight is 514 g/mol. The van der Waals surface area contributed by atoms with Crippen LogP contribution in [-0.4, -0.2) is 35.9 Å². The Bertz CT molecular complexity index is 1370. The van der Waals surface area contributed by atoms with Crippen molar-refractivity contribution in [1.82, 2.24) is 4.98 Å². The number of pyridine rings is 1. The van der Waals surface area contributed by atoms with Gasteiger partial charge in [-0.1, -0.05) is 13.0 Å². The second-order valence-electron chi connectivity index (χ2n) is 11.6. The Morgan fingerprint density at radius 1 is 1.21 bits per heavy atom. The van der Waals surface area contributed by atoms with Gasteiger partial charge in [-0.3, -0.25) is 9.78 Å². The standard InChI is InChI=1S/C31H35N3O4/c1-17-10-20(38-16-31(3)14-37-15-31)11-18(2)28(17)21-5-7-25(32)29-22(21)6-9-27(29)34-19-4-8-26(33-13-19)23-12-24(23)30(35)36/h4-5,7-8,10-11,13,23-24,27,34H,6,9,12,14-16,32H2,1-3H3,(H,35,36)/t23?,24-,27-/m1/s1. The molecule has 198 valence electrons. The van der Waals surface area contributed by atoms with E-state index in [9.17, 15) is 9.90 Å². The molecule has 2 heterocycles. The summed E-state index contributed by atoms with van der Waals surface area (Å²) in [5, 5.41) is 12.8. The number of aliphatic carboxylic acids is 1. The number of rotatable bonds is 8. The fraction of sp³-hybridized carbons (Fsp3) is 0.419. The van der Waals surface area contributed by atoms with Crippen LogP contribution in [0.15, 0.2) is 42.6 Å². The van der Waals surface area contributed by atoms with Crippen molar-refractivity contribution in [2.45, 2.75) is 52.0 Å². The Morgan fingerprint density at radius 2 is 1.97 bits per heavy atom. The molecule has 7 nitrogen and oxygen atoms in total. The number of fused-ring (bicyclic) bond motifs is 1. The Balaban J connectivity index is 1.22. The molecule has 7 heteroatoms. The van der Waals surface area contributed by atoms with Crippen molar-refractivity contribution < 1.29 is 19.4 Å². The zero-order valence-corrected chi connectivity index (χ0v) is 22.2. The molecule has 3 atom stereocenters. The molecular formula is C31H35N3O4. The molecule has 3 aromatic rings. The van der Waals surface area contributed by atoms with E-state index >= 15 is 0 Å². The minimum absolute atomic E-state index is 0.0329. The fourth-order valence-corrected chi connectivity index (χ4v) is 6.10. The van der Waals surface area contributed by atoms with Crippen LogP contribution in [0.3, 0.4) is 0 Å². The summed E-state index contributed by atoms with van der Waals surface area (Å²) in [6.45, 7) is 8.66. The number of ether oxygens (including phenoxy) is 2. The number of benzene rings is 2. The van der Waals surface area contributed by atoms with Crippen molar-refractivity contribution in [2.75, 3.05) is 30.9 Å². The molecule has 2 aromatic carbocycles. The zero-order chi connectivity index (χ0) is 26.6. The van der Waals surface area contributed by atoms with Gasteiger partial charge in [-0.05, 0) is 91.3 Å². The molecule has 4 N–H and O–H groups in total. The SMILES string of the molecule is Cc1cc(OCC2(C)COC2)cc(C)c1-c1ccc(N)c2c1CC[C@H]2Nc1ccc(C2C[C@H]2C(=O)O)nc1. The Hall–Kier alpha value is -3.58. The largest absolute Gasteiger partial charge is 0.493 e. The molecule has 1 aliphatic heterocycles. The molecule has 1 saturated heterocycles. The molecule has 0 radical (unpaired) electrons. The maximum Gasteiger partial charge on any atom is 0.307 e. The highest BCUT2D eigenvalue weighted by molar-refractivity contribution is 5.79. The van der Waals surface area contributed by atoms with E-state index in [-0.39, 0.29) is 23.3 Å². The number of carboxylic acids is 1. The van der Waals surface area contributed by atoms with Crippen LogP contribution in [0, 0.1) is 25.2 Å². The number of anilines is 2. The van der Waals surface area contributed by atoms with E-state index in [4.69, 9.17) is 15.2 Å². The van der Waals surface area contributed by atoms with Crippen molar-refractivity contribution in [3.8, 4) is 16.9 Å². The summed E-state index contributed by atoms with van der Waals surface area (Å²) in [5.41, 5.74) is 16.5. The molecule has 1 aromatic heterocycles. The van der Waals surface area contributed by atoms with E-state index in [0.717, 1.165) is 54.4 Å².